The van der Waals surface area contributed by atoms with Crippen LogP contribution in [-0.4, -0.2) is 42.4 Å². The number of hydrogen-bond donors (Lipinski definition) is 1. The van der Waals surface area contributed by atoms with Gasteiger partial charge in [-0.05, 0) is 12.1 Å². The molecule has 0 radical (unpaired) electrons. The molecule has 1 atom stereocenters. The Balaban J connectivity index is 1.74. The van der Waals surface area contributed by atoms with Crippen LogP contribution in [0.3, 0.4) is 0 Å². The minimum Gasteiger partial charge on any atom is -0.467 e. The summed E-state index contributed by atoms with van der Waals surface area (Å²) in [6, 6.07) is 5.37. The van der Waals surface area contributed by atoms with Crippen LogP contribution < -0.4 is 5.32 Å². The Morgan fingerprint density at radius 3 is 3.04 bits per heavy atom. The molecule has 0 saturated carbocycles. The molecule has 0 spiro atoms. The quantitative estimate of drug-likeness (QED) is 0.567. The molecule has 0 bridgehead atoms. The molecule has 0 aromatic carbocycles. The van der Waals surface area contributed by atoms with E-state index in [2.05, 4.69) is 5.32 Å². The molecule has 8 nitrogen and oxygen atoms in total. The zero-order valence-corrected chi connectivity index (χ0v) is 12.5. The van der Waals surface area contributed by atoms with Crippen molar-refractivity contribution in [1.29, 1.82) is 5.26 Å². The zero-order valence-electron chi connectivity index (χ0n) is 12.5. The Morgan fingerprint density at radius 1 is 1.52 bits per heavy atom. The average Bonchev–Trinajstić information content (AvgIpc) is 3.16. The third-order valence-corrected chi connectivity index (χ3v) is 3.38. The van der Waals surface area contributed by atoms with Crippen molar-refractivity contribution in [3.8, 4) is 6.07 Å². The molecule has 2 heterocycles. The molecular formula is C15H17N3O5. The van der Waals surface area contributed by atoms with Gasteiger partial charge in [-0.25, -0.2) is 0 Å². The molecule has 1 aliphatic rings. The first kappa shape index (κ1) is 16.5. The van der Waals surface area contributed by atoms with Crippen molar-refractivity contribution in [2.24, 2.45) is 5.92 Å². The van der Waals surface area contributed by atoms with Gasteiger partial charge in [-0.2, -0.15) is 5.26 Å². The number of likely N-dealkylation sites (tertiary alicyclic amines) is 1. The molecule has 23 heavy (non-hydrogen) atoms. The summed E-state index contributed by atoms with van der Waals surface area (Å²) in [5.41, 5.74) is 0. The molecule has 1 saturated heterocycles. The standard InChI is InChI=1S/C15H17N3O5/c16-4-2-5-17-13(19)10-23-15(21)11-7-14(20)18(8-11)9-12-3-1-6-22-12/h1,3,6,11H,2,5,7-10H2,(H,17,19)/t11-/m1/s1. The van der Waals surface area contributed by atoms with Crippen LogP contribution in [0, 0.1) is 17.2 Å². The second-order valence-corrected chi connectivity index (χ2v) is 5.12. The lowest BCUT2D eigenvalue weighted by molar-refractivity contribution is -0.152. The van der Waals surface area contributed by atoms with Gasteiger partial charge in [0.2, 0.25) is 5.91 Å². The summed E-state index contributed by atoms with van der Waals surface area (Å²) in [7, 11) is 0. The van der Waals surface area contributed by atoms with E-state index < -0.39 is 24.4 Å². The lowest BCUT2D eigenvalue weighted by Crippen LogP contribution is -2.31. The van der Waals surface area contributed by atoms with Crippen LogP contribution in [0.15, 0.2) is 22.8 Å². The first-order valence-electron chi connectivity index (χ1n) is 7.20. The molecule has 1 aromatic heterocycles. The van der Waals surface area contributed by atoms with Crippen molar-refractivity contribution in [1.82, 2.24) is 10.2 Å². The van der Waals surface area contributed by atoms with Gasteiger partial charge in [0, 0.05) is 19.5 Å². The van der Waals surface area contributed by atoms with Crippen molar-refractivity contribution in [2.75, 3.05) is 19.7 Å². The SMILES string of the molecule is N#CCCNC(=O)COC(=O)[C@@H]1CC(=O)N(Cc2ccco2)C1. The lowest BCUT2D eigenvalue weighted by Gasteiger charge is -2.14. The van der Waals surface area contributed by atoms with Gasteiger partial charge < -0.3 is 19.4 Å². The number of rotatable bonds is 7. The van der Waals surface area contributed by atoms with Crippen LogP contribution >= 0.6 is 0 Å². The Labute approximate surface area is 133 Å². The minimum absolute atomic E-state index is 0.0651. The number of furan rings is 1. The van der Waals surface area contributed by atoms with Gasteiger partial charge in [0.25, 0.3) is 5.91 Å². The molecule has 0 aliphatic carbocycles. The fourth-order valence-electron chi connectivity index (χ4n) is 2.24. The Morgan fingerprint density at radius 2 is 2.35 bits per heavy atom. The molecule has 8 heteroatoms. The summed E-state index contributed by atoms with van der Waals surface area (Å²) in [4.78, 5) is 36.7. The number of nitrogens with zero attached hydrogens (tertiary/aromatic N) is 2. The molecular weight excluding hydrogens is 302 g/mol. The van der Waals surface area contributed by atoms with Crippen LogP contribution in [0.5, 0.6) is 0 Å². The predicted molar refractivity (Wildman–Crippen MR) is 76.4 cm³/mol. The van der Waals surface area contributed by atoms with Crippen molar-refractivity contribution < 1.29 is 23.5 Å². The summed E-state index contributed by atoms with van der Waals surface area (Å²) >= 11 is 0. The topological polar surface area (TPSA) is 113 Å². The molecule has 2 amide bonds. The number of nitrogens with one attached hydrogen (secondary N) is 1. The summed E-state index contributed by atoms with van der Waals surface area (Å²) in [6.07, 6.45) is 1.78. The van der Waals surface area contributed by atoms with Gasteiger partial charge in [0.05, 0.1) is 31.2 Å². The maximum Gasteiger partial charge on any atom is 0.311 e. The summed E-state index contributed by atoms with van der Waals surface area (Å²) in [5.74, 6) is -1.13. The predicted octanol–water partition coefficient (Wildman–Crippen LogP) is 0.201. The summed E-state index contributed by atoms with van der Waals surface area (Å²) in [5, 5.41) is 10.8. The third kappa shape index (κ3) is 4.85. The van der Waals surface area contributed by atoms with E-state index in [0.717, 1.165) is 0 Å². The fourth-order valence-corrected chi connectivity index (χ4v) is 2.24. The smallest absolute Gasteiger partial charge is 0.311 e. The van der Waals surface area contributed by atoms with E-state index in [1.807, 2.05) is 6.07 Å². The number of amides is 2. The highest BCUT2D eigenvalue weighted by Gasteiger charge is 2.35. The molecule has 1 aromatic rings. The van der Waals surface area contributed by atoms with E-state index in [9.17, 15) is 14.4 Å². The van der Waals surface area contributed by atoms with Gasteiger partial charge in [-0.3, -0.25) is 14.4 Å². The molecule has 1 aliphatic heterocycles. The number of ether oxygens (including phenoxy) is 1. The van der Waals surface area contributed by atoms with E-state index in [-0.39, 0.29) is 31.8 Å². The van der Waals surface area contributed by atoms with E-state index in [0.29, 0.717) is 12.3 Å². The lowest BCUT2D eigenvalue weighted by atomic mass is 10.1. The number of nitriles is 1. The molecule has 1 fully saturated rings. The average molecular weight is 319 g/mol. The summed E-state index contributed by atoms with van der Waals surface area (Å²) in [6.45, 7) is 0.359. The van der Waals surface area contributed by atoms with Crippen molar-refractivity contribution in [3.05, 3.63) is 24.2 Å². The van der Waals surface area contributed by atoms with Crippen molar-refractivity contribution in [2.45, 2.75) is 19.4 Å². The molecule has 2 rings (SSSR count). The van der Waals surface area contributed by atoms with Gasteiger partial charge in [-0.15, -0.1) is 0 Å². The number of esters is 1. The maximum absolute atomic E-state index is 11.9. The van der Waals surface area contributed by atoms with Gasteiger partial charge in [0.1, 0.15) is 5.76 Å². The van der Waals surface area contributed by atoms with Crippen LogP contribution in [0.4, 0.5) is 0 Å². The molecule has 1 N–H and O–H groups in total. The normalized spacial score (nSPS) is 16.9. The molecule has 0 unspecified atom stereocenters. The monoisotopic (exact) mass is 319 g/mol. The third-order valence-electron chi connectivity index (χ3n) is 3.38. The van der Waals surface area contributed by atoms with Gasteiger partial charge in [0.15, 0.2) is 6.61 Å². The highest BCUT2D eigenvalue weighted by atomic mass is 16.5. The van der Waals surface area contributed by atoms with Crippen LogP contribution in [0.25, 0.3) is 0 Å². The van der Waals surface area contributed by atoms with Crippen LogP contribution in [0.2, 0.25) is 0 Å². The Kier molecular flexibility index (Phi) is 5.74. The highest BCUT2D eigenvalue weighted by Crippen LogP contribution is 2.21. The van der Waals surface area contributed by atoms with Gasteiger partial charge in [-0.1, -0.05) is 0 Å². The molecule has 122 valence electrons. The first-order chi connectivity index (χ1) is 11.1. The second-order valence-electron chi connectivity index (χ2n) is 5.12. The zero-order chi connectivity index (χ0) is 16.7. The fraction of sp³-hybridized carbons (Fsp3) is 0.467. The highest BCUT2D eigenvalue weighted by molar-refractivity contribution is 5.88. The van der Waals surface area contributed by atoms with Crippen LogP contribution in [0.1, 0.15) is 18.6 Å². The van der Waals surface area contributed by atoms with E-state index in [4.69, 9.17) is 14.4 Å². The van der Waals surface area contributed by atoms with E-state index in [1.165, 1.54) is 11.2 Å². The van der Waals surface area contributed by atoms with Crippen molar-refractivity contribution in [3.63, 3.8) is 0 Å². The maximum atomic E-state index is 11.9. The first-order valence-corrected chi connectivity index (χ1v) is 7.20. The largest absolute Gasteiger partial charge is 0.467 e. The second kappa shape index (κ2) is 7.98. The number of carbonyl (C=O) groups is 3. The Hall–Kier alpha value is -2.82. The van der Waals surface area contributed by atoms with Crippen LogP contribution in [-0.2, 0) is 25.7 Å². The number of carbonyl (C=O) groups excluding carboxylic acids is 3. The van der Waals surface area contributed by atoms with Crippen molar-refractivity contribution >= 4 is 17.8 Å². The van der Waals surface area contributed by atoms with Gasteiger partial charge >= 0.3 is 5.97 Å². The van der Waals surface area contributed by atoms with E-state index in [1.54, 1.807) is 12.1 Å². The Bertz CT molecular complexity index is 605. The number of hydrogen-bond acceptors (Lipinski definition) is 6. The van der Waals surface area contributed by atoms with E-state index >= 15 is 0 Å². The minimum atomic E-state index is -0.579. The summed E-state index contributed by atoms with van der Waals surface area (Å²) < 4.78 is 10.1.